The summed E-state index contributed by atoms with van der Waals surface area (Å²) in [6.07, 6.45) is -1.75. The zero-order valence-corrected chi connectivity index (χ0v) is 8.78. The first-order valence-electron chi connectivity index (χ1n) is 4.46. The minimum absolute atomic E-state index is 0.215. The van der Waals surface area contributed by atoms with Crippen molar-refractivity contribution in [3.8, 4) is 0 Å². The summed E-state index contributed by atoms with van der Waals surface area (Å²) in [7, 11) is 0. The molecule has 1 rings (SSSR count). The third-order valence-electron chi connectivity index (χ3n) is 2.60. The Balaban J connectivity index is 3.14. The van der Waals surface area contributed by atoms with Crippen LogP contribution in [0, 0.1) is 20.8 Å². The van der Waals surface area contributed by atoms with E-state index >= 15 is 0 Å². The van der Waals surface area contributed by atoms with Crippen LogP contribution in [0.3, 0.4) is 0 Å². The topological polar surface area (TPSA) is 36.0 Å². The lowest BCUT2D eigenvalue weighted by atomic mass is 10.1. The van der Waals surface area contributed by atoms with Gasteiger partial charge in [-0.3, -0.25) is 0 Å². The molecule has 4 heteroatoms. The van der Waals surface area contributed by atoms with E-state index in [1.165, 1.54) is 0 Å². The Morgan fingerprint density at radius 3 is 2.00 bits per heavy atom. The van der Waals surface area contributed by atoms with E-state index in [0.29, 0.717) is 12.5 Å². The van der Waals surface area contributed by atoms with Crippen molar-refractivity contribution >= 4 is 0 Å². The summed E-state index contributed by atoms with van der Waals surface area (Å²) in [4.78, 5) is 2.79. The third kappa shape index (κ3) is 1.80. The van der Waals surface area contributed by atoms with Gasteiger partial charge in [0.05, 0.1) is 5.69 Å². The van der Waals surface area contributed by atoms with Gasteiger partial charge in [-0.05, 0) is 31.9 Å². The molecule has 1 heterocycles. The second kappa shape index (κ2) is 3.35. The molecule has 80 valence electrons. The molecule has 2 N–H and O–H groups in total. The van der Waals surface area contributed by atoms with Crippen LogP contribution in [-0.2, 0) is 0 Å². The maximum absolute atomic E-state index is 12.9. The van der Waals surface area contributed by atoms with Gasteiger partial charge < -0.3 is 10.1 Å². The second-order valence-corrected chi connectivity index (χ2v) is 3.77. The highest BCUT2D eigenvalue weighted by atomic mass is 19.3. The minimum atomic E-state index is -3.12. The summed E-state index contributed by atoms with van der Waals surface area (Å²) >= 11 is 0. The second-order valence-electron chi connectivity index (χ2n) is 3.77. The van der Waals surface area contributed by atoms with Gasteiger partial charge in [0.1, 0.15) is 0 Å². The molecule has 0 fully saturated rings. The summed E-state index contributed by atoms with van der Waals surface area (Å²) < 4.78 is 25.7. The van der Waals surface area contributed by atoms with E-state index in [-0.39, 0.29) is 5.69 Å². The SMILES string of the molecule is Cc1[nH]c(C(O)C(C)(F)F)c(C)c1C. The van der Waals surface area contributed by atoms with Crippen LogP contribution in [0.1, 0.15) is 35.5 Å². The Morgan fingerprint density at radius 2 is 1.71 bits per heavy atom. The zero-order valence-electron chi connectivity index (χ0n) is 8.78. The van der Waals surface area contributed by atoms with Crippen LogP contribution in [0.25, 0.3) is 0 Å². The van der Waals surface area contributed by atoms with Crippen LogP contribution < -0.4 is 0 Å². The largest absolute Gasteiger partial charge is 0.381 e. The van der Waals surface area contributed by atoms with Crippen LogP contribution >= 0.6 is 0 Å². The van der Waals surface area contributed by atoms with Crippen LogP contribution in [0.4, 0.5) is 8.78 Å². The number of H-pyrrole nitrogens is 1. The molecule has 0 saturated heterocycles. The highest BCUT2D eigenvalue weighted by Crippen LogP contribution is 2.33. The van der Waals surface area contributed by atoms with E-state index in [4.69, 9.17) is 0 Å². The first-order valence-corrected chi connectivity index (χ1v) is 4.46. The lowest BCUT2D eigenvalue weighted by Gasteiger charge is -2.17. The third-order valence-corrected chi connectivity index (χ3v) is 2.60. The Labute approximate surface area is 82.0 Å². The smallest absolute Gasteiger partial charge is 0.276 e. The standard InChI is InChI=1S/C10H15F2NO/c1-5-6(2)8(13-7(5)3)9(14)10(4,11)12/h9,13-14H,1-4H3. The number of aliphatic hydroxyl groups excluding tert-OH is 1. The zero-order chi connectivity index (χ0) is 11.1. The number of rotatable bonds is 2. The van der Waals surface area contributed by atoms with E-state index in [9.17, 15) is 13.9 Å². The number of nitrogens with one attached hydrogen (secondary N) is 1. The van der Waals surface area contributed by atoms with Gasteiger partial charge in [0, 0.05) is 12.6 Å². The predicted octanol–water partition coefficient (Wildman–Crippen LogP) is 2.63. The van der Waals surface area contributed by atoms with Crippen molar-refractivity contribution in [2.45, 2.75) is 39.7 Å². The fourth-order valence-electron chi connectivity index (χ4n) is 1.40. The molecule has 1 unspecified atom stereocenters. The Kier molecular flexibility index (Phi) is 2.67. The number of hydrogen-bond donors (Lipinski definition) is 2. The molecule has 1 aromatic heterocycles. The van der Waals surface area contributed by atoms with Gasteiger partial charge in [-0.25, -0.2) is 8.78 Å². The lowest BCUT2D eigenvalue weighted by molar-refractivity contribution is -0.0972. The average Bonchev–Trinajstić information content (AvgIpc) is 2.30. The first-order chi connectivity index (χ1) is 6.25. The molecule has 14 heavy (non-hydrogen) atoms. The van der Waals surface area contributed by atoms with Crippen LogP contribution in [0.2, 0.25) is 0 Å². The summed E-state index contributed by atoms with van der Waals surface area (Å²) in [5.74, 6) is -3.12. The van der Waals surface area contributed by atoms with Gasteiger partial charge >= 0.3 is 0 Å². The molecule has 0 spiro atoms. The quantitative estimate of drug-likeness (QED) is 0.761. The van der Waals surface area contributed by atoms with Crippen LogP contribution in [-0.4, -0.2) is 16.0 Å². The van der Waals surface area contributed by atoms with E-state index < -0.39 is 12.0 Å². The molecular formula is C10H15F2NO. The molecule has 0 amide bonds. The number of aliphatic hydroxyl groups is 1. The van der Waals surface area contributed by atoms with Gasteiger partial charge in [0.15, 0.2) is 6.10 Å². The molecule has 1 aromatic rings. The maximum Gasteiger partial charge on any atom is 0.276 e. The van der Waals surface area contributed by atoms with Gasteiger partial charge in [0.25, 0.3) is 5.92 Å². The van der Waals surface area contributed by atoms with Crippen molar-refractivity contribution in [1.82, 2.24) is 4.98 Å². The minimum Gasteiger partial charge on any atom is -0.381 e. The number of aromatic nitrogens is 1. The molecular weight excluding hydrogens is 188 g/mol. The molecule has 0 radical (unpaired) electrons. The molecule has 0 aliphatic rings. The summed E-state index contributed by atoms with van der Waals surface area (Å²) in [6, 6.07) is 0. The highest BCUT2D eigenvalue weighted by Gasteiger charge is 2.36. The number of alkyl halides is 2. The number of halogens is 2. The number of aromatic amines is 1. The highest BCUT2D eigenvalue weighted by molar-refractivity contribution is 5.35. The Bertz CT molecular complexity index is 339. The predicted molar refractivity (Wildman–Crippen MR) is 50.6 cm³/mol. The maximum atomic E-state index is 12.9. The summed E-state index contributed by atoms with van der Waals surface area (Å²) in [6.45, 7) is 6.07. The molecule has 0 aromatic carbocycles. The monoisotopic (exact) mass is 203 g/mol. The average molecular weight is 203 g/mol. The van der Waals surface area contributed by atoms with E-state index in [1.807, 2.05) is 6.92 Å². The fourth-order valence-corrected chi connectivity index (χ4v) is 1.40. The van der Waals surface area contributed by atoms with Gasteiger partial charge in [-0.2, -0.15) is 0 Å². The van der Waals surface area contributed by atoms with Crippen molar-refractivity contribution in [3.05, 3.63) is 22.5 Å². The van der Waals surface area contributed by atoms with Crippen molar-refractivity contribution in [2.75, 3.05) is 0 Å². The molecule has 0 aliphatic carbocycles. The molecule has 0 aliphatic heterocycles. The van der Waals surface area contributed by atoms with Gasteiger partial charge in [-0.15, -0.1) is 0 Å². The number of hydrogen-bond acceptors (Lipinski definition) is 1. The van der Waals surface area contributed by atoms with Crippen LogP contribution in [0.15, 0.2) is 0 Å². The molecule has 1 atom stereocenters. The Hall–Kier alpha value is -0.900. The van der Waals surface area contributed by atoms with Crippen molar-refractivity contribution in [3.63, 3.8) is 0 Å². The van der Waals surface area contributed by atoms with Crippen LogP contribution in [0.5, 0.6) is 0 Å². The van der Waals surface area contributed by atoms with Gasteiger partial charge in [0.2, 0.25) is 0 Å². The summed E-state index contributed by atoms with van der Waals surface area (Å²) in [5, 5.41) is 9.39. The van der Waals surface area contributed by atoms with E-state index in [2.05, 4.69) is 4.98 Å². The van der Waals surface area contributed by atoms with Crippen molar-refractivity contribution < 1.29 is 13.9 Å². The first kappa shape index (κ1) is 11.2. The molecule has 0 bridgehead atoms. The Morgan fingerprint density at radius 1 is 1.21 bits per heavy atom. The molecule has 2 nitrogen and oxygen atoms in total. The fraction of sp³-hybridized carbons (Fsp3) is 0.600. The normalized spacial score (nSPS) is 14.5. The van der Waals surface area contributed by atoms with Crippen molar-refractivity contribution in [1.29, 1.82) is 0 Å². The van der Waals surface area contributed by atoms with E-state index in [0.717, 1.165) is 11.3 Å². The molecule has 0 saturated carbocycles. The van der Waals surface area contributed by atoms with Gasteiger partial charge in [-0.1, -0.05) is 0 Å². The van der Waals surface area contributed by atoms with E-state index in [1.54, 1.807) is 13.8 Å². The van der Waals surface area contributed by atoms with Crippen molar-refractivity contribution in [2.24, 2.45) is 0 Å². The summed E-state index contributed by atoms with van der Waals surface area (Å²) in [5.41, 5.74) is 2.66. The number of aryl methyl sites for hydroxylation is 1. The lowest BCUT2D eigenvalue weighted by Crippen LogP contribution is -2.22.